The van der Waals surface area contributed by atoms with E-state index in [1.54, 1.807) is 48.5 Å². The summed E-state index contributed by atoms with van der Waals surface area (Å²) in [5, 5.41) is 3.45. The van der Waals surface area contributed by atoms with Gasteiger partial charge in [-0.3, -0.25) is 10.2 Å². The van der Waals surface area contributed by atoms with Crippen LogP contribution >= 0.6 is 23.2 Å². The van der Waals surface area contributed by atoms with Crippen LogP contribution in [0.15, 0.2) is 48.5 Å². The van der Waals surface area contributed by atoms with Crippen LogP contribution in [0.5, 0.6) is 5.75 Å². The summed E-state index contributed by atoms with van der Waals surface area (Å²) in [6.45, 7) is -0.256. The van der Waals surface area contributed by atoms with Gasteiger partial charge in [0.2, 0.25) is 0 Å². The number of benzene rings is 2. The Balaban J connectivity index is 1.72. The van der Waals surface area contributed by atoms with Gasteiger partial charge in [0.25, 0.3) is 5.91 Å². The molecule has 2 aromatic rings. The van der Waals surface area contributed by atoms with E-state index in [2.05, 4.69) is 16.2 Å². The van der Waals surface area contributed by atoms with Gasteiger partial charge in [0.05, 0.1) is 10.7 Å². The number of urea groups is 1. The van der Waals surface area contributed by atoms with Crippen LogP contribution in [0.3, 0.4) is 0 Å². The number of hydrogen-bond acceptors (Lipinski definition) is 3. The van der Waals surface area contributed by atoms with Crippen molar-refractivity contribution in [2.75, 3.05) is 11.9 Å². The third-order valence-corrected chi connectivity index (χ3v) is 3.20. The molecule has 0 aliphatic rings. The number of hydrazine groups is 1. The molecule has 0 heterocycles. The average Bonchev–Trinajstić information content (AvgIpc) is 2.54. The fraction of sp³-hybridized carbons (Fsp3) is 0.0667. The Hall–Kier alpha value is -2.44. The van der Waals surface area contributed by atoms with Crippen LogP contribution in [0.4, 0.5) is 10.5 Å². The van der Waals surface area contributed by atoms with Gasteiger partial charge in [0.15, 0.2) is 6.61 Å². The minimum absolute atomic E-state index is 0.256. The van der Waals surface area contributed by atoms with Gasteiger partial charge in [-0.05, 0) is 36.4 Å². The highest BCUT2D eigenvalue weighted by Crippen LogP contribution is 2.20. The van der Waals surface area contributed by atoms with Crippen molar-refractivity contribution in [2.45, 2.75) is 0 Å². The molecule has 0 atom stereocenters. The second kappa shape index (κ2) is 8.26. The zero-order chi connectivity index (χ0) is 16.7. The standard InChI is InChI=1S/C15H13Cl2N3O3/c16-10-5-7-11(8-6-10)23-9-14(21)19-20-15(22)18-13-4-2-1-3-12(13)17/h1-8H,9H2,(H,19,21)(H2,18,20,22). The topological polar surface area (TPSA) is 79.5 Å². The highest BCUT2D eigenvalue weighted by molar-refractivity contribution is 6.33. The molecule has 2 rings (SSSR count). The monoisotopic (exact) mass is 353 g/mol. The Kier molecular flexibility index (Phi) is 6.08. The molecule has 0 aliphatic heterocycles. The number of ether oxygens (including phenoxy) is 1. The van der Waals surface area contributed by atoms with E-state index in [9.17, 15) is 9.59 Å². The number of anilines is 1. The number of halogens is 2. The molecule has 3 amide bonds. The molecule has 0 saturated carbocycles. The zero-order valence-electron chi connectivity index (χ0n) is 11.8. The normalized spacial score (nSPS) is 9.83. The lowest BCUT2D eigenvalue weighted by molar-refractivity contribution is -0.123. The SMILES string of the molecule is O=C(COc1ccc(Cl)cc1)NNC(=O)Nc1ccccc1Cl. The number of carbonyl (C=O) groups is 2. The molecule has 0 bridgehead atoms. The molecule has 0 spiro atoms. The van der Waals surface area contributed by atoms with Crippen molar-refractivity contribution in [3.05, 3.63) is 58.6 Å². The van der Waals surface area contributed by atoms with Crippen LogP contribution < -0.4 is 20.9 Å². The fourth-order valence-electron chi connectivity index (χ4n) is 1.56. The summed E-state index contributed by atoms with van der Waals surface area (Å²) >= 11 is 11.6. The quantitative estimate of drug-likeness (QED) is 0.738. The van der Waals surface area contributed by atoms with E-state index in [-0.39, 0.29) is 6.61 Å². The average molecular weight is 354 g/mol. The highest BCUT2D eigenvalue weighted by Gasteiger charge is 2.07. The lowest BCUT2D eigenvalue weighted by Crippen LogP contribution is -2.45. The van der Waals surface area contributed by atoms with Crippen molar-refractivity contribution >= 4 is 40.8 Å². The third-order valence-electron chi connectivity index (χ3n) is 2.62. The molecular formula is C15H13Cl2N3O3. The van der Waals surface area contributed by atoms with Gasteiger partial charge in [-0.25, -0.2) is 10.2 Å². The maximum absolute atomic E-state index is 11.6. The maximum Gasteiger partial charge on any atom is 0.337 e. The molecule has 0 fully saturated rings. The van der Waals surface area contributed by atoms with Gasteiger partial charge in [-0.1, -0.05) is 35.3 Å². The summed E-state index contributed by atoms with van der Waals surface area (Å²) < 4.78 is 5.23. The van der Waals surface area contributed by atoms with Gasteiger partial charge < -0.3 is 10.1 Å². The number of nitrogens with one attached hydrogen (secondary N) is 3. The van der Waals surface area contributed by atoms with Crippen molar-refractivity contribution in [3.63, 3.8) is 0 Å². The predicted octanol–water partition coefficient (Wildman–Crippen LogP) is 3.23. The summed E-state index contributed by atoms with van der Waals surface area (Å²) in [7, 11) is 0. The van der Waals surface area contributed by atoms with E-state index in [0.717, 1.165) is 0 Å². The van der Waals surface area contributed by atoms with E-state index in [1.165, 1.54) is 0 Å². The van der Waals surface area contributed by atoms with Gasteiger partial charge in [-0.15, -0.1) is 0 Å². The Labute approximate surface area is 142 Å². The van der Waals surface area contributed by atoms with Crippen molar-refractivity contribution in [2.24, 2.45) is 0 Å². The Morgan fingerprint density at radius 3 is 2.35 bits per heavy atom. The molecule has 0 saturated heterocycles. The van der Waals surface area contributed by atoms with E-state index in [4.69, 9.17) is 27.9 Å². The molecule has 3 N–H and O–H groups in total. The second-order valence-corrected chi connectivity index (χ2v) is 5.19. The lowest BCUT2D eigenvalue weighted by atomic mass is 10.3. The summed E-state index contributed by atoms with van der Waals surface area (Å²) in [6.07, 6.45) is 0. The van der Waals surface area contributed by atoms with E-state index < -0.39 is 11.9 Å². The smallest absolute Gasteiger partial charge is 0.337 e. The van der Waals surface area contributed by atoms with Crippen molar-refractivity contribution in [1.29, 1.82) is 0 Å². The van der Waals surface area contributed by atoms with Crippen molar-refractivity contribution in [3.8, 4) is 5.75 Å². The van der Waals surface area contributed by atoms with Crippen LogP contribution in [0.25, 0.3) is 0 Å². The predicted molar refractivity (Wildman–Crippen MR) is 88.7 cm³/mol. The van der Waals surface area contributed by atoms with Crippen LogP contribution in [-0.2, 0) is 4.79 Å². The second-order valence-electron chi connectivity index (χ2n) is 4.35. The molecule has 23 heavy (non-hydrogen) atoms. The maximum atomic E-state index is 11.6. The molecule has 0 radical (unpaired) electrons. The molecule has 2 aromatic carbocycles. The van der Waals surface area contributed by atoms with Gasteiger partial charge in [0, 0.05) is 5.02 Å². The van der Waals surface area contributed by atoms with Crippen molar-refractivity contribution in [1.82, 2.24) is 10.9 Å². The van der Waals surface area contributed by atoms with Crippen molar-refractivity contribution < 1.29 is 14.3 Å². The van der Waals surface area contributed by atoms with Gasteiger partial charge in [-0.2, -0.15) is 0 Å². The van der Waals surface area contributed by atoms with Gasteiger partial charge >= 0.3 is 6.03 Å². The van der Waals surface area contributed by atoms with E-state index in [1.807, 2.05) is 0 Å². The first-order valence-corrected chi connectivity index (χ1v) is 7.29. The minimum atomic E-state index is -0.627. The number of para-hydroxylation sites is 1. The minimum Gasteiger partial charge on any atom is -0.484 e. The number of carbonyl (C=O) groups excluding carboxylic acids is 2. The first-order chi connectivity index (χ1) is 11.0. The van der Waals surface area contributed by atoms with Crippen LogP contribution in [0, 0.1) is 0 Å². The van der Waals surface area contributed by atoms with Crippen LogP contribution in [0.2, 0.25) is 10.0 Å². The summed E-state index contributed by atoms with van der Waals surface area (Å²) in [5.41, 5.74) is 4.83. The number of rotatable bonds is 4. The summed E-state index contributed by atoms with van der Waals surface area (Å²) in [5.74, 6) is -0.0284. The summed E-state index contributed by atoms with van der Waals surface area (Å²) in [6, 6.07) is 12.6. The first-order valence-electron chi connectivity index (χ1n) is 6.53. The number of amides is 3. The Morgan fingerprint density at radius 2 is 1.65 bits per heavy atom. The molecule has 0 unspecified atom stereocenters. The third kappa shape index (κ3) is 5.69. The fourth-order valence-corrected chi connectivity index (χ4v) is 1.87. The molecular weight excluding hydrogens is 341 g/mol. The molecule has 8 heteroatoms. The van der Waals surface area contributed by atoms with E-state index >= 15 is 0 Å². The Bertz CT molecular complexity index is 693. The lowest BCUT2D eigenvalue weighted by Gasteiger charge is -2.10. The van der Waals surface area contributed by atoms with E-state index in [0.29, 0.717) is 21.5 Å². The molecule has 0 aliphatic carbocycles. The molecule has 120 valence electrons. The van der Waals surface area contributed by atoms with Crippen LogP contribution in [0.1, 0.15) is 0 Å². The highest BCUT2D eigenvalue weighted by atomic mass is 35.5. The largest absolute Gasteiger partial charge is 0.484 e. The Morgan fingerprint density at radius 1 is 0.957 bits per heavy atom. The zero-order valence-corrected chi connectivity index (χ0v) is 13.3. The van der Waals surface area contributed by atoms with Crippen LogP contribution in [-0.4, -0.2) is 18.5 Å². The molecule has 0 aromatic heterocycles. The first kappa shape index (κ1) is 16.9. The summed E-state index contributed by atoms with van der Waals surface area (Å²) in [4.78, 5) is 23.2. The van der Waals surface area contributed by atoms with Gasteiger partial charge in [0.1, 0.15) is 5.75 Å². The number of hydrogen-bond donors (Lipinski definition) is 3. The molecule has 6 nitrogen and oxygen atoms in total.